The van der Waals surface area contributed by atoms with Crippen molar-refractivity contribution in [3.8, 4) is 5.75 Å². The molecule has 1 rings (SSSR count). The highest BCUT2D eigenvalue weighted by molar-refractivity contribution is 5.98. The SMILES string of the molecule is CCCCCC(C)NC(=O)c1cccc(N)c1OCC. The van der Waals surface area contributed by atoms with Gasteiger partial charge in [-0.15, -0.1) is 0 Å². The van der Waals surface area contributed by atoms with Gasteiger partial charge >= 0.3 is 0 Å². The van der Waals surface area contributed by atoms with Crippen molar-refractivity contribution in [1.82, 2.24) is 5.32 Å². The van der Waals surface area contributed by atoms with Crippen molar-refractivity contribution in [3.63, 3.8) is 0 Å². The molecule has 4 heteroatoms. The molecule has 0 saturated heterocycles. The molecular formula is C16H26N2O2. The van der Waals surface area contributed by atoms with Gasteiger partial charge in [-0.2, -0.15) is 0 Å². The Hall–Kier alpha value is -1.71. The van der Waals surface area contributed by atoms with Gasteiger partial charge in [0.1, 0.15) is 0 Å². The lowest BCUT2D eigenvalue weighted by Gasteiger charge is -2.16. The number of nitrogen functional groups attached to an aromatic ring is 1. The van der Waals surface area contributed by atoms with Crippen LogP contribution in [-0.4, -0.2) is 18.6 Å². The van der Waals surface area contributed by atoms with Crippen LogP contribution in [0.15, 0.2) is 18.2 Å². The molecule has 1 aromatic rings. The molecule has 4 nitrogen and oxygen atoms in total. The maximum Gasteiger partial charge on any atom is 0.255 e. The van der Waals surface area contributed by atoms with Crippen LogP contribution < -0.4 is 15.8 Å². The van der Waals surface area contributed by atoms with Gasteiger partial charge in [-0.25, -0.2) is 0 Å². The van der Waals surface area contributed by atoms with Crippen molar-refractivity contribution in [2.24, 2.45) is 0 Å². The predicted octanol–water partition coefficient (Wildman–Crippen LogP) is 3.37. The van der Waals surface area contributed by atoms with Crippen LogP contribution in [0, 0.1) is 0 Å². The fourth-order valence-electron chi connectivity index (χ4n) is 2.11. The van der Waals surface area contributed by atoms with Crippen molar-refractivity contribution in [2.45, 2.75) is 52.5 Å². The van der Waals surface area contributed by atoms with Gasteiger partial charge in [0.25, 0.3) is 5.91 Å². The largest absolute Gasteiger partial charge is 0.491 e. The number of ether oxygens (including phenoxy) is 1. The Morgan fingerprint density at radius 2 is 2.10 bits per heavy atom. The molecule has 0 heterocycles. The van der Waals surface area contributed by atoms with E-state index in [9.17, 15) is 4.79 Å². The number of anilines is 1. The lowest BCUT2D eigenvalue weighted by molar-refractivity contribution is 0.0934. The Balaban J connectivity index is 2.69. The molecule has 0 radical (unpaired) electrons. The number of nitrogens with one attached hydrogen (secondary N) is 1. The van der Waals surface area contributed by atoms with Gasteiger partial charge in [-0.05, 0) is 32.4 Å². The van der Waals surface area contributed by atoms with Crippen molar-refractivity contribution < 1.29 is 9.53 Å². The maximum absolute atomic E-state index is 12.3. The van der Waals surface area contributed by atoms with Crippen molar-refractivity contribution >= 4 is 11.6 Å². The summed E-state index contributed by atoms with van der Waals surface area (Å²) in [6.45, 7) is 6.56. The van der Waals surface area contributed by atoms with E-state index in [1.165, 1.54) is 12.8 Å². The molecule has 1 unspecified atom stereocenters. The summed E-state index contributed by atoms with van der Waals surface area (Å²) >= 11 is 0. The molecule has 1 atom stereocenters. The summed E-state index contributed by atoms with van der Waals surface area (Å²) in [6.07, 6.45) is 4.51. The minimum atomic E-state index is -0.121. The van der Waals surface area contributed by atoms with E-state index in [2.05, 4.69) is 12.2 Å². The van der Waals surface area contributed by atoms with Crippen molar-refractivity contribution in [1.29, 1.82) is 0 Å². The van der Waals surface area contributed by atoms with E-state index in [1.54, 1.807) is 18.2 Å². The van der Waals surface area contributed by atoms with Gasteiger partial charge < -0.3 is 15.8 Å². The summed E-state index contributed by atoms with van der Waals surface area (Å²) in [6, 6.07) is 5.42. The maximum atomic E-state index is 12.3. The molecule has 0 fully saturated rings. The summed E-state index contributed by atoms with van der Waals surface area (Å²) in [7, 11) is 0. The topological polar surface area (TPSA) is 64.4 Å². The number of hydrogen-bond acceptors (Lipinski definition) is 3. The number of carbonyl (C=O) groups is 1. The Morgan fingerprint density at radius 3 is 2.75 bits per heavy atom. The highest BCUT2D eigenvalue weighted by Gasteiger charge is 2.16. The van der Waals surface area contributed by atoms with Crippen LogP contribution in [0.4, 0.5) is 5.69 Å². The van der Waals surface area contributed by atoms with Crippen LogP contribution in [0.3, 0.4) is 0 Å². The second-order valence-electron chi connectivity index (χ2n) is 5.03. The van der Waals surface area contributed by atoms with Crippen LogP contribution in [-0.2, 0) is 0 Å². The third kappa shape index (κ3) is 4.76. The highest BCUT2D eigenvalue weighted by Crippen LogP contribution is 2.26. The van der Waals surface area contributed by atoms with Crippen LogP contribution in [0.25, 0.3) is 0 Å². The fourth-order valence-corrected chi connectivity index (χ4v) is 2.11. The van der Waals surface area contributed by atoms with Gasteiger partial charge in [0, 0.05) is 6.04 Å². The molecule has 1 amide bonds. The summed E-state index contributed by atoms with van der Waals surface area (Å²) in [5.74, 6) is 0.359. The standard InChI is InChI=1S/C16H26N2O2/c1-4-6-7-9-12(3)18-16(19)13-10-8-11-14(17)15(13)20-5-2/h8,10-12H,4-7,9,17H2,1-3H3,(H,18,19). The first-order valence-corrected chi connectivity index (χ1v) is 7.42. The number of rotatable bonds is 8. The second kappa shape index (κ2) is 8.46. The molecule has 112 valence electrons. The zero-order valence-electron chi connectivity index (χ0n) is 12.7. The van der Waals surface area contributed by atoms with Gasteiger partial charge in [-0.1, -0.05) is 32.3 Å². The van der Waals surface area contributed by atoms with Crippen LogP contribution in [0.1, 0.15) is 56.8 Å². The van der Waals surface area contributed by atoms with Crippen LogP contribution in [0.2, 0.25) is 0 Å². The summed E-state index contributed by atoms with van der Waals surface area (Å²) in [4.78, 5) is 12.3. The van der Waals surface area contributed by atoms with E-state index in [-0.39, 0.29) is 11.9 Å². The van der Waals surface area contributed by atoms with E-state index in [1.807, 2.05) is 13.8 Å². The third-order valence-electron chi connectivity index (χ3n) is 3.20. The number of unbranched alkanes of at least 4 members (excludes halogenated alkanes) is 2. The van der Waals surface area contributed by atoms with Gasteiger partial charge in [-0.3, -0.25) is 4.79 Å². The Labute approximate surface area is 121 Å². The summed E-state index contributed by atoms with van der Waals surface area (Å²) in [5, 5.41) is 3.01. The smallest absolute Gasteiger partial charge is 0.255 e. The van der Waals surface area contributed by atoms with E-state index < -0.39 is 0 Å². The first kappa shape index (κ1) is 16.3. The normalized spacial score (nSPS) is 11.9. The molecule has 0 aromatic heterocycles. The number of benzene rings is 1. The number of hydrogen-bond donors (Lipinski definition) is 2. The minimum Gasteiger partial charge on any atom is -0.491 e. The van der Waals surface area contributed by atoms with E-state index in [0.717, 1.165) is 12.8 Å². The molecule has 0 aliphatic carbocycles. The van der Waals surface area contributed by atoms with Gasteiger partial charge in [0.05, 0.1) is 17.9 Å². The Bertz CT molecular complexity index is 432. The lowest BCUT2D eigenvalue weighted by atomic mass is 10.1. The number of nitrogens with two attached hydrogens (primary N) is 1. The molecule has 0 aliphatic heterocycles. The lowest BCUT2D eigenvalue weighted by Crippen LogP contribution is -2.32. The van der Waals surface area contributed by atoms with E-state index in [4.69, 9.17) is 10.5 Å². The van der Waals surface area contributed by atoms with Gasteiger partial charge in [0.15, 0.2) is 5.75 Å². The second-order valence-corrected chi connectivity index (χ2v) is 5.03. The minimum absolute atomic E-state index is 0.121. The first-order valence-electron chi connectivity index (χ1n) is 7.42. The molecule has 3 N–H and O–H groups in total. The molecular weight excluding hydrogens is 252 g/mol. The molecule has 1 aromatic carbocycles. The monoisotopic (exact) mass is 278 g/mol. The molecule has 0 bridgehead atoms. The van der Waals surface area contributed by atoms with Crippen LogP contribution in [0.5, 0.6) is 5.75 Å². The Morgan fingerprint density at radius 1 is 1.35 bits per heavy atom. The number of amides is 1. The fraction of sp³-hybridized carbons (Fsp3) is 0.562. The van der Waals surface area contributed by atoms with Crippen molar-refractivity contribution in [2.75, 3.05) is 12.3 Å². The summed E-state index contributed by atoms with van der Waals surface area (Å²) < 4.78 is 5.48. The number of carbonyl (C=O) groups excluding carboxylic acids is 1. The third-order valence-corrected chi connectivity index (χ3v) is 3.20. The van der Waals surface area contributed by atoms with Gasteiger partial charge in [0.2, 0.25) is 0 Å². The molecule has 0 spiro atoms. The zero-order valence-corrected chi connectivity index (χ0v) is 12.7. The first-order chi connectivity index (χ1) is 9.60. The quantitative estimate of drug-likeness (QED) is 0.566. The summed E-state index contributed by atoms with van der Waals surface area (Å²) in [5.41, 5.74) is 6.88. The Kier molecular flexibility index (Phi) is 6.91. The zero-order chi connectivity index (χ0) is 15.0. The van der Waals surface area contributed by atoms with E-state index in [0.29, 0.717) is 23.6 Å². The van der Waals surface area contributed by atoms with E-state index >= 15 is 0 Å². The molecule has 0 saturated carbocycles. The number of para-hydroxylation sites is 1. The highest BCUT2D eigenvalue weighted by atomic mass is 16.5. The van der Waals surface area contributed by atoms with Crippen LogP contribution >= 0.6 is 0 Å². The van der Waals surface area contributed by atoms with Crippen molar-refractivity contribution in [3.05, 3.63) is 23.8 Å². The molecule has 0 aliphatic rings. The molecule has 20 heavy (non-hydrogen) atoms. The predicted molar refractivity (Wildman–Crippen MR) is 83.1 cm³/mol. The average Bonchev–Trinajstić information content (AvgIpc) is 2.41. The average molecular weight is 278 g/mol.